The predicted octanol–water partition coefficient (Wildman–Crippen LogP) is 2.30. The van der Waals surface area contributed by atoms with E-state index in [2.05, 4.69) is 10.3 Å². The summed E-state index contributed by atoms with van der Waals surface area (Å²) < 4.78 is 10.6. The maximum absolute atomic E-state index is 12.3. The molecule has 0 aliphatic carbocycles. The molecule has 1 N–H and O–H groups in total. The summed E-state index contributed by atoms with van der Waals surface area (Å²) in [6.07, 6.45) is 2.03. The Hall–Kier alpha value is -2.47. The smallest absolute Gasteiger partial charge is 0.340 e. The quantitative estimate of drug-likeness (QED) is 0.844. The Kier molecular flexibility index (Phi) is 5.28. The molecule has 1 aliphatic heterocycles. The van der Waals surface area contributed by atoms with Crippen molar-refractivity contribution in [2.24, 2.45) is 0 Å². The summed E-state index contributed by atoms with van der Waals surface area (Å²) in [5.74, 6) is -0.869. The van der Waals surface area contributed by atoms with E-state index in [1.807, 2.05) is 25.1 Å². The van der Waals surface area contributed by atoms with Gasteiger partial charge in [-0.15, -0.1) is 0 Å². The Balaban J connectivity index is 1.59. The third kappa shape index (κ3) is 4.33. The van der Waals surface area contributed by atoms with Gasteiger partial charge in [0.1, 0.15) is 0 Å². The van der Waals surface area contributed by atoms with E-state index in [0.717, 1.165) is 35.9 Å². The highest BCUT2D eigenvalue weighted by molar-refractivity contribution is 5.96. The third-order valence-electron chi connectivity index (χ3n) is 4.27. The zero-order chi connectivity index (χ0) is 17.8. The van der Waals surface area contributed by atoms with Gasteiger partial charge in [-0.3, -0.25) is 9.78 Å². The zero-order valence-corrected chi connectivity index (χ0v) is 14.5. The number of hydrogen-bond donors (Lipinski definition) is 1. The van der Waals surface area contributed by atoms with Crippen molar-refractivity contribution < 1.29 is 19.1 Å². The zero-order valence-electron chi connectivity index (χ0n) is 14.5. The number of rotatable bonds is 5. The standard InChI is InChI=1S/C19H22N2O4/c1-12-5-6-17-14(8-12)9-16(13(2)21-17)19(23)25-11-18(22)20-10-15-4-3-7-24-15/h5-6,8-9,15H,3-4,7,10-11H2,1-2H3,(H,20,22)/t15-/m1/s1. The Morgan fingerprint density at radius 3 is 2.92 bits per heavy atom. The van der Waals surface area contributed by atoms with Gasteiger partial charge in [-0.2, -0.15) is 0 Å². The minimum absolute atomic E-state index is 0.0647. The largest absolute Gasteiger partial charge is 0.452 e. The summed E-state index contributed by atoms with van der Waals surface area (Å²) in [7, 11) is 0. The number of aromatic nitrogens is 1. The van der Waals surface area contributed by atoms with Crippen LogP contribution in [0, 0.1) is 13.8 Å². The van der Waals surface area contributed by atoms with Gasteiger partial charge in [0, 0.05) is 18.5 Å². The second kappa shape index (κ2) is 7.61. The van der Waals surface area contributed by atoms with Crippen molar-refractivity contribution in [1.82, 2.24) is 10.3 Å². The summed E-state index contributed by atoms with van der Waals surface area (Å²) in [6.45, 7) is 4.62. The van der Waals surface area contributed by atoms with Crippen LogP contribution in [0.3, 0.4) is 0 Å². The average Bonchev–Trinajstić information content (AvgIpc) is 3.11. The third-order valence-corrected chi connectivity index (χ3v) is 4.27. The number of carbonyl (C=O) groups is 2. The van der Waals surface area contributed by atoms with E-state index in [1.54, 1.807) is 13.0 Å². The van der Waals surface area contributed by atoms with E-state index in [1.165, 1.54) is 0 Å². The van der Waals surface area contributed by atoms with Crippen molar-refractivity contribution in [2.75, 3.05) is 19.8 Å². The fourth-order valence-electron chi connectivity index (χ4n) is 2.89. The van der Waals surface area contributed by atoms with Crippen molar-refractivity contribution in [3.8, 4) is 0 Å². The molecular weight excluding hydrogens is 320 g/mol. The van der Waals surface area contributed by atoms with Crippen LogP contribution < -0.4 is 5.32 Å². The van der Waals surface area contributed by atoms with E-state index in [9.17, 15) is 9.59 Å². The average molecular weight is 342 g/mol. The summed E-state index contributed by atoms with van der Waals surface area (Å²) in [4.78, 5) is 28.5. The fraction of sp³-hybridized carbons (Fsp3) is 0.421. The van der Waals surface area contributed by atoms with Gasteiger partial charge < -0.3 is 14.8 Å². The van der Waals surface area contributed by atoms with Crippen LogP contribution in [-0.4, -0.2) is 42.7 Å². The lowest BCUT2D eigenvalue weighted by Crippen LogP contribution is -2.34. The predicted molar refractivity (Wildman–Crippen MR) is 93.5 cm³/mol. The van der Waals surface area contributed by atoms with Crippen molar-refractivity contribution >= 4 is 22.8 Å². The number of nitrogens with one attached hydrogen (secondary N) is 1. The molecule has 132 valence electrons. The van der Waals surface area contributed by atoms with Gasteiger partial charge in [0.15, 0.2) is 6.61 Å². The van der Waals surface area contributed by atoms with Crippen LogP contribution >= 0.6 is 0 Å². The first-order valence-corrected chi connectivity index (χ1v) is 8.46. The van der Waals surface area contributed by atoms with Crippen LogP contribution in [-0.2, 0) is 14.3 Å². The Morgan fingerprint density at radius 2 is 2.16 bits per heavy atom. The highest BCUT2D eigenvalue weighted by atomic mass is 16.5. The molecule has 0 unspecified atom stereocenters. The lowest BCUT2D eigenvalue weighted by Gasteiger charge is -2.11. The summed E-state index contributed by atoms with van der Waals surface area (Å²) in [5, 5.41) is 3.60. The molecule has 6 nitrogen and oxygen atoms in total. The molecule has 2 heterocycles. The highest BCUT2D eigenvalue weighted by Gasteiger charge is 2.18. The topological polar surface area (TPSA) is 77.5 Å². The molecule has 2 aromatic rings. The monoisotopic (exact) mass is 342 g/mol. The van der Waals surface area contributed by atoms with E-state index in [4.69, 9.17) is 9.47 Å². The van der Waals surface area contributed by atoms with E-state index < -0.39 is 5.97 Å². The van der Waals surface area contributed by atoms with Gasteiger partial charge in [0.2, 0.25) is 0 Å². The van der Waals surface area contributed by atoms with Crippen LogP contribution in [0.2, 0.25) is 0 Å². The number of benzene rings is 1. The molecule has 1 fully saturated rings. The minimum atomic E-state index is -0.541. The number of aryl methyl sites for hydroxylation is 2. The van der Waals surface area contributed by atoms with Crippen LogP contribution in [0.4, 0.5) is 0 Å². The Morgan fingerprint density at radius 1 is 1.32 bits per heavy atom. The number of pyridine rings is 1. The van der Waals surface area contributed by atoms with Gasteiger partial charge in [0.05, 0.1) is 22.9 Å². The highest BCUT2D eigenvalue weighted by Crippen LogP contribution is 2.18. The number of ether oxygens (including phenoxy) is 2. The lowest BCUT2D eigenvalue weighted by atomic mass is 10.1. The summed E-state index contributed by atoms with van der Waals surface area (Å²) in [5.41, 5.74) is 2.88. The molecule has 0 radical (unpaired) electrons. The van der Waals surface area contributed by atoms with Gasteiger partial charge in [-0.05, 0) is 44.9 Å². The van der Waals surface area contributed by atoms with E-state index in [-0.39, 0.29) is 18.6 Å². The van der Waals surface area contributed by atoms with Gasteiger partial charge in [0.25, 0.3) is 5.91 Å². The second-order valence-corrected chi connectivity index (χ2v) is 6.33. The fourth-order valence-corrected chi connectivity index (χ4v) is 2.89. The molecule has 3 rings (SSSR count). The van der Waals surface area contributed by atoms with Gasteiger partial charge in [-0.1, -0.05) is 11.6 Å². The molecule has 1 aliphatic rings. The summed E-state index contributed by atoms with van der Waals surface area (Å²) in [6, 6.07) is 7.63. The SMILES string of the molecule is Cc1ccc2nc(C)c(C(=O)OCC(=O)NC[C@H]3CCCO3)cc2c1. The number of nitrogens with zero attached hydrogens (tertiary/aromatic N) is 1. The summed E-state index contributed by atoms with van der Waals surface area (Å²) >= 11 is 0. The first-order chi connectivity index (χ1) is 12.0. The molecule has 1 amide bonds. The van der Waals surface area contributed by atoms with Crippen molar-refractivity contribution in [3.63, 3.8) is 0 Å². The molecule has 1 aromatic carbocycles. The lowest BCUT2D eigenvalue weighted by molar-refractivity contribution is -0.124. The van der Waals surface area contributed by atoms with E-state index in [0.29, 0.717) is 17.8 Å². The van der Waals surface area contributed by atoms with Gasteiger partial charge >= 0.3 is 5.97 Å². The number of esters is 1. The molecule has 0 bridgehead atoms. The number of amides is 1. The molecule has 0 spiro atoms. The number of hydrogen-bond acceptors (Lipinski definition) is 5. The molecule has 1 saturated heterocycles. The van der Waals surface area contributed by atoms with Crippen LogP contribution in [0.1, 0.15) is 34.5 Å². The van der Waals surface area contributed by atoms with Crippen LogP contribution in [0.25, 0.3) is 10.9 Å². The molecule has 1 atom stereocenters. The van der Waals surface area contributed by atoms with E-state index >= 15 is 0 Å². The molecular formula is C19H22N2O4. The van der Waals surface area contributed by atoms with Crippen molar-refractivity contribution in [2.45, 2.75) is 32.8 Å². The molecule has 0 saturated carbocycles. The first kappa shape index (κ1) is 17.4. The van der Waals surface area contributed by atoms with Gasteiger partial charge in [-0.25, -0.2) is 4.79 Å². The maximum Gasteiger partial charge on any atom is 0.340 e. The van der Waals surface area contributed by atoms with Crippen LogP contribution in [0.5, 0.6) is 0 Å². The maximum atomic E-state index is 12.3. The van der Waals surface area contributed by atoms with Crippen LogP contribution in [0.15, 0.2) is 24.3 Å². The molecule has 1 aromatic heterocycles. The Bertz CT molecular complexity index is 797. The number of carbonyl (C=O) groups excluding carboxylic acids is 2. The number of fused-ring (bicyclic) bond motifs is 1. The molecule has 25 heavy (non-hydrogen) atoms. The minimum Gasteiger partial charge on any atom is -0.452 e. The first-order valence-electron chi connectivity index (χ1n) is 8.46. The Labute approximate surface area is 146 Å². The molecule has 6 heteroatoms. The second-order valence-electron chi connectivity index (χ2n) is 6.33. The van der Waals surface area contributed by atoms with Crippen molar-refractivity contribution in [1.29, 1.82) is 0 Å². The van der Waals surface area contributed by atoms with Crippen molar-refractivity contribution in [3.05, 3.63) is 41.1 Å². The normalized spacial score (nSPS) is 16.8.